The zero-order valence-corrected chi connectivity index (χ0v) is 13.4. The molecule has 1 unspecified atom stereocenters. The van der Waals surface area contributed by atoms with E-state index in [9.17, 15) is 14.7 Å². The third-order valence-electron chi connectivity index (χ3n) is 3.60. The number of carboxylic acid groups (broad SMARTS) is 1. The lowest BCUT2D eigenvalue weighted by molar-refractivity contribution is -0.143. The van der Waals surface area contributed by atoms with Gasteiger partial charge in [-0.25, -0.2) is 0 Å². The van der Waals surface area contributed by atoms with E-state index in [4.69, 9.17) is 0 Å². The SMILES string of the molecule is Cc1cc(C)cc(CC(CC(=O)Nc2ccccc2)C(=O)O)c1. The van der Waals surface area contributed by atoms with E-state index in [1.807, 2.05) is 50.2 Å². The number of aliphatic carboxylic acids is 1. The highest BCUT2D eigenvalue weighted by molar-refractivity contribution is 5.93. The van der Waals surface area contributed by atoms with Gasteiger partial charge in [-0.3, -0.25) is 9.59 Å². The van der Waals surface area contributed by atoms with Gasteiger partial charge in [-0.2, -0.15) is 0 Å². The van der Waals surface area contributed by atoms with Crippen LogP contribution in [0.15, 0.2) is 48.5 Å². The van der Waals surface area contributed by atoms with Crippen LogP contribution in [0.3, 0.4) is 0 Å². The van der Waals surface area contributed by atoms with Crippen molar-refractivity contribution in [2.45, 2.75) is 26.7 Å². The molecule has 0 bridgehead atoms. The van der Waals surface area contributed by atoms with Crippen LogP contribution in [-0.4, -0.2) is 17.0 Å². The Morgan fingerprint density at radius 2 is 1.65 bits per heavy atom. The summed E-state index contributed by atoms with van der Waals surface area (Å²) in [6.07, 6.45) is 0.303. The van der Waals surface area contributed by atoms with Crippen molar-refractivity contribution in [3.8, 4) is 0 Å². The highest BCUT2D eigenvalue weighted by Crippen LogP contribution is 2.17. The van der Waals surface area contributed by atoms with Crippen LogP contribution in [0.2, 0.25) is 0 Å². The number of hydrogen-bond acceptors (Lipinski definition) is 2. The van der Waals surface area contributed by atoms with Crippen molar-refractivity contribution < 1.29 is 14.7 Å². The fourth-order valence-electron chi connectivity index (χ4n) is 2.68. The Kier molecular flexibility index (Phi) is 5.52. The van der Waals surface area contributed by atoms with Crippen LogP contribution in [0.25, 0.3) is 0 Å². The van der Waals surface area contributed by atoms with E-state index in [2.05, 4.69) is 5.32 Å². The van der Waals surface area contributed by atoms with Crippen molar-refractivity contribution in [1.82, 2.24) is 0 Å². The quantitative estimate of drug-likeness (QED) is 0.857. The molecule has 0 saturated heterocycles. The molecule has 0 aliphatic carbocycles. The average molecular weight is 311 g/mol. The molecule has 0 fully saturated rings. The van der Waals surface area contributed by atoms with Gasteiger partial charge >= 0.3 is 5.97 Å². The average Bonchev–Trinajstić information content (AvgIpc) is 2.46. The molecular formula is C19H21NO3. The Morgan fingerprint density at radius 3 is 2.22 bits per heavy atom. The van der Waals surface area contributed by atoms with Crippen molar-refractivity contribution in [3.05, 3.63) is 65.2 Å². The fraction of sp³-hybridized carbons (Fsp3) is 0.263. The second kappa shape index (κ2) is 7.58. The van der Waals surface area contributed by atoms with Crippen LogP contribution in [0.1, 0.15) is 23.1 Å². The molecule has 0 saturated carbocycles. The Balaban J connectivity index is 2.03. The fourth-order valence-corrected chi connectivity index (χ4v) is 2.68. The Morgan fingerprint density at radius 1 is 1.04 bits per heavy atom. The molecule has 1 atom stereocenters. The molecule has 0 heterocycles. The third-order valence-corrected chi connectivity index (χ3v) is 3.60. The summed E-state index contributed by atoms with van der Waals surface area (Å²) in [5.74, 6) is -1.97. The number of nitrogens with one attached hydrogen (secondary N) is 1. The maximum atomic E-state index is 12.1. The molecule has 120 valence electrons. The normalized spacial score (nSPS) is 11.7. The molecule has 1 amide bonds. The molecule has 4 heteroatoms. The summed E-state index contributed by atoms with van der Waals surface area (Å²) in [6, 6.07) is 15.0. The molecule has 23 heavy (non-hydrogen) atoms. The van der Waals surface area contributed by atoms with Crippen molar-refractivity contribution in [3.63, 3.8) is 0 Å². The summed E-state index contributed by atoms with van der Waals surface area (Å²) in [6.45, 7) is 3.96. The molecule has 2 aromatic rings. The van der Waals surface area contributed by atoms with Gasteiger partial charge in [0.05, 0.1) is 5.92 Å². The first-order valence-corrected chi connectivity index (χ1v) is 7.59. The predicted octanol–water partition coefficient (Wildman–Crippen LogP) is 3.58. The second-order valence-corrected chi connectivity index (χ2v) is 5.85. The molecule has 0 aliphatic rings. The number of carbonyl (C=O) groups is 2. The molecule has 0 radical (unpaired) electrons. The number of anilines is 1. The number of benzene rings is 2. The number of carboxylic acids is 1. The summed E-state index contributed by atoms with van der Waals surface area (Å²) in [5.41, 5.74) is 3.81. The van der Waals surface area contributed by atoms with E-state index in [-0.39, 0.29) is 12.3 Å². The number of rotatable bonds is 6. The summed E-state index contributed by atoms with van der Waals surface area (Å²) in [7, 11) is 0. The zero-order valence-electron chi connectivity index (χ0n) is 13.4. The molecule has 0 spiro atoms. The van der Waals surface area contributed by atoms with Gasteiger partial charge in [0.15, 0.2) is 0 Å². The van der Waals surface area contributed by atoms with Crippen LogP contribution >= 0.6 is 0 Å². The highest BCUT2D eigenvalue weighted by Gasteiger charge is 2.22. The molecule has 2 aromatic carbocycles. The van der Waals surface area contributed by atoms with Crippen molar-refractivity contribution in [2.75, 3.05) is 5.32 Å². The smallest absolute Gasteiger partial charge is 0.307 e. The summed E-state index contributed by atoms with van der Waals surface area (Å²) in [4.78, 5) is 23.6. The first kappa shape index (κ1) is 16.7. The van der Waals surface area contributed by atoms with Gasteiger partial charge in [0, 0.05) is 12.1 Å². The highest BCUT2D eigenvalue weighted by atomic mass is 16.4. The molecule has 0 aromatic heterocycles. The second-order valence-electron chi connectivity index (χ2n) is 5.85. The minimum atomic E-state index is -0.952. The van der Waals surface area contributed by atoms with Crippen LogP contribution in [-0.2, 0) is 16.0 Å². The zero-order chi connectivity index (χ0) is 16.8. The minimum absolute atomic E-state index is 0.0444. The predicted molar refractivity (Wildman–Crippen MR) is 90.4 cm³/mol. The maximum absolute atomic E-state index is 12.1. The number of carbonyl (C=O) groups excluding carboxylic acids is 1. The Hall–Kier alpha value is -2.62. The van der Waals surface area contributed by atoms with E-state index in [0.717, 1.165) is 16.7 Å². The molecule has 4 nitrogen and oxygen atoms in total. The van der Waals surface area contributed by atoms with Gasteiger partial charge in [0.25, 0.3) is 0 Å². The van der Waals surface area contributed by atoms with Gasteiger partial charge in [0.2, 0.25) is 5.91 Å². The van der Waals surface area contributed by atoms with Crippen LogP contribution in [0, 0.1) is 19.8 Å². The van der Waals surface area contributed by atoms with E-state index < -0.39 is 11.9 Å². The number of hydrogen-bond donors (Lipinski definition) is 2. The Labute approximate surface area is 136 Å². The lowest BCUT2D eigenvalue weighted by Crippen LogP contribution is -2.24. The molecule has 2 N–H and O–H groups in total. The van der Waals surface area contributed by atoms with E-state index in [1.54, 1.807) is 12.1 Å². The lowest BCUT2D eigenvalue weighted by Gasteiger charge is -2.13. The van der Waals surface area contributed by atoms with Crippen LogP contribution < -0.4 is 5.32 Å². The monoisotopic (exact) mass is 311 g/mol. The Bertz CT molecular complexity index is 675. The molecular weight excluding hydrogens is 290 g/mol. The minimum Gasteiger partial charge on any atom is -0.481 e. The third kappa shape index (κ3) is 5.25. The van der Waals surface area contributed by atoms with Gasteiger partial charge in [-0.15, -0.1) is 0 Å². The van der Waals surface area contributed by atoms with E-state index >= 15 is 0 Å². The van der Waals surface area contributed by atoms with Gasteiger partial charge < -0.3 is 10.4 Å². The lowest BCUT2D eigenvalue weighted by atomic mass is 9.94. The molecule has 0 aliphatic heterocycles. The topological polar surface area (TPSA) is 66.4 Å². The van der Waals surface area contributed by atoms with Crippen LogP contribution in [0.5, 0.6) is 0 Å². The largest absolute Gasteiger partial charge is 0.481 e. The van der Waals surface area contributed by atoms with Crippen molar-refractivity contribution >= 4 is 17.6 Å². The van der Waals surface area contributed by atoms with Gasteiger partial charge in [-0.05, 0) is 38.0 Å². The van der Waals surface area contributed by atoms with Gasteiger partial charge in [-0.1, -0.05) is 47.5 Å². The van der Waals surface area contributed by atoms with Crippen LogP contribution in [0.4, 0.5) is 5.69 Å². The summed E-state index contributed by atoms with van der Waals surface area (Å²) < 4.78 is 0. The van der Waals surface area contributed by atoms with Crippen molar-refractivity contribution in [1.29, 1.82) is 0 Å². The van der Waals surface area contributed by atoms with Gasteiger partial charge in [0.1, 0.15) is 0 Å². The first-order valence-electron chi connectivity index (χ1n) is 7.59. The number of aryl methyl sites for hydroxylation is 2. The summed E-state index contributed by atoms with van der Waals surface area (Å²) in [5, 5.41) is 12.1. The summed E-state index contributed by atoms with van der Waals surface area (Å²) >= 11 is 0. The van der Waals surface area contributed by atoms with Crippen molar-refractivity contribution in [2.24, 2.45) is 5.92 Å². The first-order chi connectivity index (χ1) is 10.9. The van der Waals surface area contributed by atoms with E-state index in [0.29, 0.717) is 12.1 Å². The number of para-hydroxylation sites is 1. The standard InChI is InChI=1S/C19H21NO3/c1-13-8-14(2)10-15(9-13)11-16(19(22)23)12-18(21)20-17-6-4-3-5-7-17/h3-10,16H,11-12H2,1-2H3,(H,20,21)(H,22,23). The number of amides is 1. The maximum Gasteiger partial charge on any atom is 0.307 e. The van der Waals surface area contributed by atoms with E-state index in [1.165, 1.54) is 0 Å². The molecule has 2 rings (SSSR count).